The van der Waals surface area contributed by atoms with E-state index >= 15 is 0 Å². The van der Waals surface area contributed by atoms with Gasteiger partial charge in [-0.3, -0.25) is 0 Å². The molecule has 6 aliphatic carbocycles. The van der Waals surface area contributed by atoms with Crippen LogP contribution in [-0.2, 0) is 21.0 Å². The maximum Gasteiger partial charge on any atom is -1.00 e. The van der Waals surface area contributed by atoms with E-state index in [4.69, 9.17) is 23.2 Å². The van der Waals surface area contributed by atoms with Gasteiger partial charge in [-0.2, -0.15) is 0 Å². The van der Waals surface area contributed by atoms with Gasteiger partial charge in [0, 0.05) is 0 Å². The summed E-state index contributed by atoms with van der Waals surface area (Å²) in [5.41, 5.74) is 3.10. The van der Waals surface area contributed by atoms with Crippen LogP contribution in [0.2, 0.25) is 13.7 Å². The first-order chi connectivity index (χ1) is 23.7. The van der Waals surface area contributed by atoms with Gasteiger partial charge >= 0.3 is 320 Å². The molecule has 0 aliphatic heterocycles. The Labute approximate surface area is 342 Å². The molecule has 8 rings (SSSR count). The molecule has 0 saturated heterocycles. The SMILES string of the molecule is CC1=CC=CC2[CH]([Hf+2]([C]3=CC=CC3)=[C](c3cccc(Cl)c3)c3cccc(Cl)c3)C3(C)C4(C)C=CC=CC4(C)C4(C)C=CC=CC4(C)C3(C)C12C.[Cl-].[Cl-]. The van der Waals surface area contributed by atoms with Gasteiger partial charge in [-0.05, 0) is 0 Å². The predicted molar refractivity (Wildman–Crippen MR) is 211 cm³/mol. The molecular formula is C47H50Cl4Hf. The Morgan fingerprint density at radius 1 is 0.654 bits per heavy atom. The van der Waals surface area contributed by atoms with Gasteiger partial charge in [0.1, 0.15) is 0 Å². The molecule has 6 aliphatic rings. The quantitative estimate of drug-likeness (QED) is 0.283. The van der Waals surface area contributed by atoms with Crippen LogP contribution < -0.4 is 24.8 Å². The van der Waals surface area contributed by atoms with Gasteiger partial charge in [0.15, 0.2) is 0 Å². The van der Waals surface area contributed by atoms with Crippen molar-refractivity contribution < 1.29 is 45.8 Å². The first kappa shape index (κ1) is 39.9. The van der Waals surface area contributed by atoms with Crippen molar-refractivity contribution in [2.24, 2.45) is 43.8 Å². The second-order valence-corrected chi connectivity index (χ2v) is 27.3. The van der Waals surface area contributed by atoms with Crippen LogP contribution in [0.15, 0.2) is 142 Å². The molecule has 0 N–H and O–H groups in total. The van der Waals surface area contributed by atoms with Crippen LogP contribution in [0, 0.1) is 43.8 Å². The Kier molecular flexibility index (Phi) is 10.1. The van der Waals surface area contributed by atoms with Crippen LogP contribution in [0.3, 0.4) is 0 Å². The molecule has 2 saturated carbocycles. The summed E-state index contributed by atoms with van der Waals surface area (Å²) in [5.74, 6) is 0.360. The van der Waals surface area contributed by atoms with Gasteiger partial charge in [-0.15, -0.1) is 0 Å². The molecule has 0 heterocycles. The maximum atomic E-state index is 6.89. The van der Waals surface area contributed by atoms with Crippen molar-refractivity contribution in [1.82, 2.24) is 0 Å². The summed E-state index contributed by atoms with van der Waals surface area (Å²) in [4.78, 5) is 0. The molecule has 270 valence electrons. The van der Waals surface area contributed by atoms with Crippen molar-refractivity contribution in [3.63, 3.8) is 0 Å². The van der Waals surface area contributed by atoms with Gasteiger partial charge in [-0.25, -0.2) is 0 Å². The summed E-state index contributed by atoms with van der Waals surface area (Å²) in [6.07, 6.45) is 35.7. The molecule has 9 atom stereocenters. The number of allylic oxidation sites excluding steroid dienone is 16. The Bertz CT molecular complexity index is 2060. The summed E-state index contributed by atoms with van der Waals surface area (Å²) in [6.45, 7) is 21.1. The van der Waals surface area contributed by atoms with Crippen molar-refractivity contribution >= 4 is 26.5 Å². The van der Waals surface area contributed by atoms with Crippen molar-refractivity contribution in [3.05, 3.63) is 164 Å². The number of rotatable bonds is 4. The third-order valence-electron chi connectivity index (χ3n) is 16.4. The van der Waals surface area contributed by atoms with E-state index in [1.54, 1.807) is 3.33 Å². The maximum absolute atomic E-state index is 6.89. The van der Waals surface area contributed by atoms with Crippen LogP contribution in [0.4, 0.5) is 0 Å². The third kappa shape index (κ3) is 4.53. The number of hydrogen-bond acceptors (Lipinski definition) is 0. The van der Waals surface area contributed by atoms with E-state index in [2.05, 4.69) is 177 Å². The zero-order chi connectivity index (χ0) is 35.5. The minimum Gasteiger partial charge on any atom is -1.00 e. The summed E-state index contributed by atoms with van der Waals surface area (Å²) >= 11 is 10.5. The third-order valence-corrected chi connectivity index (χ3v) is 30.3. The van der Waals surface area contributed by atoms with E-state index in [9.17, 15) is 0 Å². The fourth-order valence-corrected chi connectivity index (χ4v) is 29.9. The zero-order valence-electron chi connectivity index (χ0n) is 31.6. The second kappa shape index (κ2) is 13.2. The molecule has 52 heavy (non-hydrogen) atoms. The molecule has 0 nitrogen and oxygen atoms in total. The fourth-order valence-electron chi connectivity index (χ4n) is 13.2. The number of halogens is 4. The molecule has 0 amide bonds. The van der Waals surface area contributed by atoms with E-state index < -0.39 is 21.0 Å². The Morgan fingerprint density at radius 2 is 1.17 bits per heavy atom. The zero-order valence-corrected chi connectivity index (χ0v) is 38.2. The number of fused-ring (bicyclic) bond motifs is 8. The summed E-state index contributed by atoms with van der Waals surface area (Å²) in [6, 6.07) is 17.4. The van der Waals surface area contributed by atoms with Crippen LogP contribution in [0.5, 0.6) is 0 Å². The monoisotopic (exact) mass is 934 g/mol. The molecule has 0 aromatic heterocycles. The fraction of sp³-hybridized carbons (Fsp3) is 0.383. The Hall–Kier alpha value is -1.74. The molecule has 0 bridgehead atoms. The molecule has 0 spiro atoms. The van der Waals surface area contributed by atoms with Crippen LogP contribution in [0.1, 0.15) is 72.9 Å². The van der Waals surface area contributed by atoms with E-state index in [0.717, 1.165) is 16.5 Å². The number of benzene rings is 2. The molecule has 2 aromatic rings. The molecule has 0 radical (unpaired) electrons. The molecule has 2 aromatic carbocycles. The van der Waals surface area contributed by atoms with Gasteiger partial charge in [0.25, 0.3) is 0 Å². The molecular weight excluding hydrogens is 885 g/mol. The normalized spacial score (nSPS) is 39.9. The van der Waals surface area contributed by atoms with Crippen molar-refractivity contribution in [3.8, 4) is 0 Å². The molecule has 2 fully saturated rings. The molecule has 9 unspecified atom stereocenters. The minimum absolute atomic E-state index is 0. The van der Waals surface area contributed by atoms with Gasteiger partial charge < -0.3 is 24.8 Å². The largest absolute Gasteiger partial charge is 1.00 e. The smallest absolute Gasteiger partial charge is 1.00 e. The summed E-state index contributed by atoms with van der Waals surface area (Å²) in [7, 11) is 0. The van der Waals surface area contributed by atoms with Crippen LogP contribution in [-0.4, -0.2) is 3.26 Å². The minimum atomic E-state index is -3.33. The topological polar surface area (TPSA) is 0 Å². The summed E-state index contributed by atoms with van der Waals surface area (Å²) < 4.78 is 3.65. The van der Waals surface area contributed by atoms with Crippen molar-refractivity contribution in [2.45, 2.75) is 65.5 Å². The van der Waals surface area contributed by atoms with Crippen LogP contribution >= 0.6 is 23.2 Å². The number of hydrogen-bond donors (Lipinski definition) is 0. The van der Waals surface area contributed by atoms with E-state index in [-0.39, 0.29) is 62.7 Å². The van der Waals surface area contributed by atoms with E-state index in [1.807, 2.05) is 12.1 Å². The predicted octanol–water partition coefficient (Wildman–Crippen LogP) is 7.28. The Balaban J connectivity index is 0.00000232. The van der Waals surface area contributed by atoms with E-state index in [0.29, 0.717) is 9.59 Å². The second-order valence-electron chi connectivity index (χ2n) is 17.1. The summed E-state index contributed by atoms with van der Waals surface area (Å²) in [5, 5.41) is 1.57. The standard InChI is InChI=1S/C29H37.C13H8Cl2.C5H5.2ClH.Hf/c1-21-14-13-15-22-20-27(6)25(4)18-10-9-16-23(25,2)24(3)17-11-12-19-26(24,5)29(27,8)28(21,22)7;14-12-5-1-3-10(8-12)7-11-4-2-6-13(15)9-11;1-2-4-5-3-1;;;/h9-20,22H,1-8H3;1-6,8-9H;1-3H,4H2;2*1H;/q;;;;;+2/p-2. The van der Waals surface area contributed by atoms with E-state index in [1.165, 1.54) is 20.0 Å². The molecule has 5 heteroatoms. The van der Waals surface area contributed by atoms with Gasteiger partial charge in [0.05, 0.1) is 0 Å². The average molecular weight is 935 g/mol. The van der Waals surface area contributed by atoms with Crippen LogP contribution in [0.25, 0.3) is 0 Å². The van der Waals surface area contributed by atoms with Gasteiger partial charge in [-0.1, -0.05) is 0 Å². The van der Waals surface area contributed by atoms with Gasteiger partial charge in [0.2, 0.25) is 0 Å². The Morgan fingerprint density at radius 3 is 1.69 bits per heavy atom. The average Bonchev–Trinajstić information content (AvgIpc) is 3.67. The first-order valence-corrected chi connectivity index (χ1v) is 24.8. The van der Waals surface area contributed by atoms with Crippen molar-refractivity contribution in [1.29, 1.82) is 0 Å². The van der Waals surface area contributed by atoms with Crippen molar-refractivity contribution in [2.75, 3.05) is 0 Å². The first-order valence-electron chi connectivity index (χ1n) is 18.4.